The normalized spacial score (nSPS) is 10.9. The van der Waals surface area contributed by atoms with Crippen molar-refractivity contribution in [3.8, 4) is 33.8 Å². The Balaban J connectivity index is 0.00000167. The van der Waals surface area contributed by atoms with Crippen molar-refractivity contribution in [2.75, 3.05) is 0 Å². The molecule has 0 radical (unpaired) electrons. The molecule has 1 N–H and O–H groups in total. The summed E-state index contributed by atoms with van der Waals surface area (Å²) in [5.41, 5.74) is 1.03. The van der Waals surface area contributed by atoms with E-state index in [1.165, 1.54) is 18.2 Å². The molecule has 0 aliphatic rings. The van der Waals surface area contributed by atoms with Crippen LogP contribution in [0.4, 0.5) is 17.6 Å². The van der Waals surface area contributed by atoms with Gasteiger partial charge in [-0.1, -0.05) is 62.4 Å². The summed E-state index contributed by atoms with van der Waals surface area (Å²) in [6.07, 6.45) is -4.68. The largest absolute Gasteiger partial charge is 0.478 e. The van der Waals surface area contributed by atoms with E-state index in [0.29, 0.717) is 22.3 Å². The van der Waals surface area contributed by atoms with Crippen LogP contribution in [0.3, 0.4) is 0 Å². The number of nitrogens with zero attached hydrogens (tertiary/aromatic N) is 2. The van der Waals surface area contributed by atoms with Gasteiger partial charge >= 0.3 is 12.1 Å². The number of aryl methyl sites for hydroxylation is 1. The van der Waals surface area contributed by atoms with E-state index in [9.17, 15) is 27.5 Å². The van der Waals surface area contributed by atoms with Crippen molar-refractivity contribution in [2.45, 2.75) is 26.9 Å². The Morgan fingerprint density at radius 2 is 1.49 bits per heavy atom. The van der Waals surface area contributed by atoms with Crippen molar-refractivity contribution >= 4 is 5.97 Å². The molecular weight excluding hydrogens is 460 g/mol. The highest BCUT2D eigenvalue weighted by molar-refractivity contribution is 5.90. The minimum Gasteiger partial charge on any atom is -0.478 e. The van der Waals surface area contributed by atoms with Gasteiger partial charge in [-0.2, -0.15) is 13.2 Å². The summed E-state index contributed by atoms with van der Waals surface area (Å²) >= 11 is 0. The van der Waals surface area contributed by atoms with Gasteiger partial charge in [-0.3, -0.25) is 0 Å². The lowest BCUT2D eigenvalue weighted by Crippen LogP contribution is -2.10. The second-order valence-corrected chi connectivity index (χ2v) is 7.36. The second-order valence-electron chi connectivity index (χ2n) is 7.36. The number of carboxylic acid groups (broad SMARTS) is 1. The average Bonchev–Trinajstić information content (AvgIpc) is 2.85. The number of aromatic nitrogens is 2. The lowest BCUT2D eigenvalue weighted by atomic mass is 10.00. The highest BCUT2D eigenvalue weighted by atomic mass is 19.4. The van der Waals surface area contributed by atoms with E-state index in [-0.39, 0.29) is 11.5 Å². The van der Waals surface area contributed by atoms with E-state index in [0.717, 1.165) is 17.7 Å². The molecule has 1 aromatic heterocycles. The number of hydrogen-bond acceptors (Lipinski definition) is 3. The molecule has 4 aromatic rings. The summed E-state index contributed by atoms with van der Waals surface area (Å²) in [6, 6.07) is 17.8. The number of aromatic carboxylic acids is 1. The molecular formula is C27H22F4N2O2. The van der Waals surface area contributed by atoms with Gasteiger partial charge in [0, 0.05) is 11.1 Å². The summed E-state index contributed by atoms with van der Waals surface area (Å²) in [6.45, 7) is 5.78. The molecule has 0 amide bonds. The molecule has 0 saturated carbocycles. The molecule has 0 aliphatic carbocycles. The van der Waals surface area contributed by atoms with Gasteiger partial charge in [0.15, 0.2) is 5.82 Å². The Morgan fingerprint density at radius 1 is 0.829 bits per heavy atom. The molecule has 0 aliphatic heterocycles. The van der Waals surface area contributed by atoms with Crippen molar-refractivity contribution in [3.63, 3.8) is 0 Å². The van der Waals surface area contributed by atoms with Crippen molar-refractivity contribution in [2.24, 2.45) is 0 Å². The quantitative estimate of drug-likeness (QED) is 0.303. The first-order valence-electron chi connectivity index (χ1n) is 10.8. The summed E-state index contributed by atoms with van der Waals surface area (Å²) < 4.78 is 54.6. The minimum atomic E-state index is -4.68. The number of benzene rings is 3. The van der Waals surface area contributed by atoms with Gasteiger partial charge in [0.1, 0.15) is 11.5 Å². The fourth-order valence-electron chi connectivity index (χ4n) is 3.43. The third kappa shape index (κ3) is 5.71. The molecule has 4 rings (SSSR count). The zero-order valence-corrected chi connectivity index (χ0v) is 19.2. The van der Waals surface area contributed by atoms with Crippen LogP contribution in [0.5, 0.6) is 0 Å². The molecule has 0 atom stereocenters. The molecule has 180 valence electrons. The summed E-state index contributed by atoms with van der Waals surface area (Å²) in [5.74, 6) is -2.44. The first-order valence-corrected chi connectivity index (χ1v) is 10.8. The van der Waals surface area contributed by atoms with Crippen LogP contribution in [-0.4, -0.2) is 21.0 Å². The highest BCUT2D eigenvalue weighted by Gasteiger charge is 2.34. The number of alkyl halides is 3. The highest BCUT2D eigenvalue weighted by Crippen LogP contribution is 2.34. The predicted octanol–water partition coefficient (Wildman–Crippen LogP) is 7.67. The summed E-state index contributed by atoms with van der Waals surface area (Å²) in [7, 11) is 0. The van der Waals surface area contributed by atoms with E-state index in [2.05, 4.69) is 9.97 Å². The Bertz CT molecular complexity index is 1370. The Hall–Kier alpha value is -4.07. The van der Waals surface area contributed by atoms with Crippen molar-refractivity contribution in [1.29, 1.82) is 0 Å². The van der Waals surface area contributed by atoms with Crippen molar-refractivity contribution < 1.29 is 27.5 Å². The van der Waals surface area contributed by atoms with Gasteiger partial charge in [0.2, 0.25) is 0 Å². The molecule has 8 heteroatoms. The van der Waals surface area contributed by atoms with E-state index < -0.39 is 29.2 Å². The first-order chi connectivity index (χ1) is 16.6. The zero-order chi connectivity index (χ0) is 25.8. The van der Waals surface area contributed by atoms with Crippen molar-refractivity contribution in [1.82, 2.24) is 9.97 Å². The molecule has 0 spiro atoms. The average molecular weight is 482 g/mol. The van der Waals surface area contributed by atoms with Crippen LogP contribution in [-0.2, 0) is 6.18 Å². The van der Waals surface area contributed by atoms with Crippen LogP contribution < -0.4 is 0 Å². The molecule has 3 aromatic carbocycles. The van der Waals surface area contributed by atoms with Crippen LogP contribution in [0, 0.1) is 12.7 Å². The minimum absolute atomic E-state index is 0.130. The number of carbonyl (C=O) groups is 1. The predicted molar refractivity (Wildman–Crippen MR) is 126 cm³/mol. The van der Waals surface area contributed by atoms with Gasteiger partial charge < -0.3 is 5.11 Å². The zero-order valence-electron chi connectivity index (χ0n) is 19.2. The smallest absolute Gasteiger partial charge is 0.433 e. The van der Waals surface area contributed by atoms with Gasteiger partial charge in [0.05, 0.1) is 11.3 Å². The van der Waals surface area contributed by atoms with Crippen LogP contribution in [0.2, 0.25) is 0 Å². The maximum Gasteiger partial charge on any atom is 0.433 e. The maximum atomic E-state index is 13.8. The SMILES string of the molecule is CC.Cc1ccccc1-c1cc(C(F)(F)F)nc(-c2cccc(-c3ccc(F)c(C(=O)O)c3)c2)n1. The maximum absolute atomic E-state index is 13.8. The number of halogens is 4. The van der Waals surface area contributed by atoms with Crippen molar-refractivity contribution in [3.05, 3.63) is 95.4 Å². The third-order valence-electron chi connectivity index (χ3n) is 5.09. The fraction of sp³-hybridized carbons (Fsp3) is 0.148. The van der Waals surface area contributed by atoms with E-state index in [4.69, 9.17) is 0 Å². The van der Waals surface area contributed by atoms with Gasteiger partial charge in [-0.05, 0) is 47.9 Å². The monoisotopic (exact) mass is 482 g/mol. The molecule has 1 heterocycles. The molecule has 35 heavy (non-hydrogen) atoms. The Kier molecular flexibility index (Phi) is 7.64. The van der Waals surface area contributed by atoms with Gasteiger partial charge in [0.25, 0.3) is 0 Å². The molecule has 4 nitrogen and oxygen atoms in total. The lowest BCUT2D eigenvalue weighted by molar-refractivity contribution is -0.141. The third-order valence-corrected chi connectivity index (χ3v) is 5.09. The Labute approximate surface area is 199 Å². The Morgan fingerprint density at radius 3 is 2.14 bits per heavy atom. The standard InChI is InChI=1S/C25H16F4N2O2.C2H6/c1-14-5-2-3-8-18(14)21-13-22(25(27,28)29)31-23(30-21)17-7-4-6-15(11-17)16-9-10-20(26)19(12-16)24(32)33;1-2/h2-13H,1H3,(H,32,33);1-2H3. The lowest BCUT2D eigenvalue weighted by Gasteiger charge is -2.13. The second kappa shape index (κ2) is 10.5. The molecule has 0 unspecified atom stereocenters. The van der Waals surface area contributed by atoms with Crippen LogP contribution in [0.1, 0.15) is 35.5 Å². The van der Waals surface area contributed by atoms with Crippen LogP contribution in [0.15, 0.2) is 72.8 Å². The fourth-order valence-corrected chi connectivity index (χ4v) is 3.43. The molecule has 0 fully saturated rings. The number of hydrogen-bond donors (Lipinski definition) is 1. The molecule has 0 bridgehead atoms. The summed E-state index contributed by atoms with van der Waals surface area (Å²) in [5, 5.41) is 9.17. The summed E-state index contributed by atoms with van der Waals surface area (Å²) in [4.78, 5) is 19.4. The van der Waals surface area contributed by atoms with E-state index >= 15 is 0 Å². The topological polar surface area (TPSA) is 63.1 Å². The number of rotatable bonds is 4. The number of carboxylic acids is 1. The van der Waals surface area contributed by atoms with Gasteiger partial charge in [-0.25, -0.2) is 19.2 Å². The van der Waals surface area contributed by atoms with Crippen LogP contribution >= 0.6 is 0 Å². The van der Waals surface area contributed by atoms with Gasteiger partial charge in [-0.15, -0.1) is 0 Å². The van der Waals surface area contributed by atoms with Crippen LogP contribution in [0.25, 0.3) is 33.8 Å². The van der Waals surface area contributed by atoms with E-state index in [1.54, 1.807) is 49.4 Å². The first kappa shape index (κ1) is 25.6. The molecule has 0 saturated heterocycles. The van der Waals surface area contributed by atoms with E-state index in [1.807, 2.05) is 13.8 Å².